The third-order valence-electron chi connectivity index (χ3n) is 0. The third kappa shape index (κ3) is 19400. The standard InChI is InChI=1S/6CN.Fe.H3N.3Na/c6*1-2;;;;;/h;;;;;;;1H3;;;/q6*-1;+2;;3*+1. The van der Waals surface area contributed by atoms with E-state index < -0.39 is 0 Å². The van der Waals surface area contributed by atoms with Gasteiger partial charge in [-0.05, 0) is 0 Å². The molecular weight excluding hydrogens is 295 g/mol. The first-order chi connectivity index (χ1) is 6.00. The molecule has 0 aromatic rings. The maximum Gasteiger partial charge on any atom is 2.00 e. The van der Waals surface area contributed by atoms with Gasteiger partial charge in [-0.2, -0.15) is 0 Å². The van der Waals surface area contributed by atoms with Crippen molar-refractivity contribution in [2.75, 3.05) is 0 Å². The largest absolute Gasteiger partial charge is 2.00 e. The molecule has 0 heterocycles. The van der Waals surface area contributed by atoms with Crippen LogP contribution in [0.2, 0.25) is 0 Å². The van der Waals surface area contributed by atoms with Crippen molar-refractivity contribution < 1.29 is 106 Å². The molecule has 3 N–H and O–H groups in total. The molecule has 0 saturated heterocycles. The van der Waals surface area contributed by atoms with Crippen molar-refractivity contribution in [2.45, 2.75) is 0 Å². The van der Waals surface area contributed by atoms with Gasteiger partial charge in [0.2, 0.25) is 0 Å². The summed E-state index contributed by atoms with van der Waals surface area (Å²) < 4.78 is 0. The molecule has 11 heteroatoms. The molecule has 0 aromatic heterocycles. The minimum atomic E-state index is 0. The Labute approximate surface area is 180 Å². The van der Waals surface area contributed by atoms with Crippen molar-refractivity contribution in [1.82, 2.24) is 6.15 Å². The molecule has 0 aromatic carbocycles. The smallest absolute Gasteiger partial charge is 0.512 e. The Kier molecular flexibility index (Phi) is 149000. The first kappa shape index (κ1) is 114. The number of hydrogen-bond acceptors (Lipinski definition) is 7. The molecule has 0 amide bonds. The van der Waals surface area contributed by atoms with Crippen molar-refractivity contribution >= 4 is 0 Å². The van der Waals surface area contributed by atoms with Gasteiger partial charge in [-0.15, -0.1) is 0 Å². The topological polar surface area (TPSA) is 178 Å². The average molecular weight is 298 g/mol. The van der Waals surface area contributed by atoms with Crippen LogP contribution in [0.5, 0.6) is 0 Å². The molecule has 0 fully saturated rings. The molecule has 0 rings (SSSR count). The van der Waals surface area contributed by atoms with Crippen LogP contribution in [0.3, 0.4) is 0 Å². The fourth-order valence-corrected chi connectivity index (χ4v) is 0. The van der Waals surface area contributed by atoms with Crippen LogP contribution in [0.15, 0.2) is 0 Å². The van der Waals surface area contributed by atoms with Gasteiger partial charge >= 0.3 is 106 Å². The van der Waals surface area contributed by atoms with Gasteiger partial charge in [-0.25, -0.2) is 0 Å². The maximum absolute atomic E-state index is 6.25. The SMILES string of the molecule is N.[C-]#N.[C-]#N.[C-]#N.[C-]#N.[C-]#N.[C-]#N.[Fe+2].[Na+].[Na+].[Na+]. The normalized spacial score (nSPS) is 0.706. The van der Waals surface area contributed by atoms with E-state index in [0.29, 0.717) is 0 Å². The van der Waals surface area contributed by atoms with Crippen LogP contribution >= 0.6 is 0 Å². The van der Waals surface area contributed by atoms with E-state index in [9.17, 15) is 0 Å². The Morgan fingerprint density at radius 2 is 0.353 bits per heavy atom. The Morgan fingerprint density at radius 3 is 0.353 bits per heavy atom. The molecule has 0 bridgehead atoms. The van der Waals surface area contributed by atoms with E-state index in [-0.39, 0.29) is 112 Å². The summed E-state index contributed by atoms with van der Waals surface area (Å²) in [6.45, 7) is 28.5. The zero-order valence-electron chi connectivity index (χ0n) is 9.74. The first-order valence-electron chi connectivity index (χ1n) is 1.34. The van der Waals surface area contributed by atoms with Crippen LogP contribution in [-0.4, -0.2) is 0 Å². The van der Waals surface area contributed by atoms with Crippen LogP contribution < -0.4 is 94.8 Å². The van der Waals surface area contributed by atoms with E-state index in [1.165, 1.54) is 0 Å². The second-order valence-corrected chi connectivity index (χ2v) is 0. The van der Waals surface area contributed by atoms with Crippen LogP contribution in [0, 0.1) is 71.0 Å². The number of rotatable bonds is 0. The van der Waals surface area contributed by atoms with Gasteiger partial charge in [0, 0.05) is 0 Å². The van der Waals surface area contributed by atoms with E-state index in [4.69, 9.17) is 71.0 Å². The molecule has 0 saturated carbocycles. The summed E-state index contributed by atoms with van der Waals surface area (Å²) in [7, 11) is 0. The summed E-state index contributed by atoms with van der Waals surface area (Å²) in [4.78, 5) is 0. The maximum atomic E-state index is 6.25. The fourth-order valence-electron chi connectivity index (χ4n) is 0. The summed E-state index contributed by atoms with van der Waals surface area (Å²) in [6.07, 6.45) is 0. The molecular formula is C6H3FeN7Na3-. The monoisotopic (exact) mass is 298 g/mol. The molecule has 0 radical (unpaired) electrons. The van der Waals surface area contributed by atoms with Crippen LogP contribution in [0.25, 0.3) is 0 Å². The molecule has 0 aliphatic rings. The van der Waals surface area contributed by atoms with Gasteiger partial charge < -0.3 is 77.2 Å². The van der Waals surface area contributed by atoms with E-state index in [2.05, 4.69) is 0 Å². The van der Waals surface area contributed by atoms with E-state index in [0.717, 1.165) is 0 Å². The minimum Gasteiger partial charge on any atom is -0.512 e. The fraction of sp³-hybridized carbons (Fsp3) is 0. The predicted octanol–water partition coefficient (Wildman–Crippen LogP) is -8.25. The van der Waals surface area contributed by atoms with Gasteiger partial charge in [0.15, 0.2) is 0 Å². The first-order valence-corrected chi connectivity index (χ1v) is 1.34. The Morgan fingerprint density at radius 1 is 0.353 bits per heavy atom. The Balaban J connectivity index is -0.00000000267. The summed E-state index contributed by atoms with van der Waals surface area (Å²) in [6, 6.07) is 0. The quantitative estimate of drug-likeness (QED) is 0.340. The van der Waals surface area contributed by atoms with Crippen molar-refractivity contribution in [1.29, 1.82) is 31.6 Å². The predicted molar refractivity (Wildman–Crippen MR) is 34.8 cm³/mol. The number of hydrogen-bond donors (Lipinski definition) is 1. The molecule has 0 aliphatic heterocycles. The molecule has 0 unspecified atom stereocenters. The zero-order chi connectivity index (χ0) is 12.0. The molecule has 0 aliphatic carbocycles. The molecule has 0 spiro atoms. The molecule has 0 atom stereocenters. The van der Waals surface area contributed by atoms with Crippen LogP contribution in [0.1, 0.15) is 0 Å². The summed E-state index contributed by atoms with van der Waals surface area (Å²) in [5.41, 5.74) is 0. The Hall–Kier alpha value is 0.419. The molecule has 17 heavy (non-hydrogen) atoms. The van der Waals surface area contributed by atoms with Crippen LogP contribution in [-0.2, 0) is 17.1 Å². The second kappa shape index (κ2) is 22200. The molecule has 7 nitrogen and oxygen atoms in total. The van der Waals surface area contributed by atoms with Gasteiger partial charge in [-0.1, -0.05) is 0 Å². The summed E-state index contributed by atoms with van der Waals surface area (Å²) in [5, 5.41) is 37.5. The average Bonchev–Trinajstić information content (AvgIpc) is 2.33. The summed E-state index contributed by atoms with van der Waals surface area (Å²) >= 11 is 0. The van der Waals surface area contributed by atoms with Gasteiger partial charge in [-0.3, -0.25) is 0 Å². The van der Waals surface area contributed by atoms with Gasteiger partial charge in [0.1, 0.15) is 0 Å². The van der Waals surface area contributed by atoms with Gasteiger partial charge in [0.25, 0.3) is 0 Å². The van der Waals surface area contributed by atoms with E-state index in [1.807, 2.05) is 0 Å². The van der Waals surface area contributed by atoms with Crippen molar-refractivity contribution in [2.24, 2.45) is 0 Å². The number of nitrogens with zero attached hydrogens (tertiary/aromatic N) is 6. The second-order valence-electron chi connectivity index (χ2n) is 0. The minimum absolute atomic E-state index is 0. The summed E-state index contributed by atoms with van der Waals surface area (Å²) in [5.74, 6) is 0. The van der Waals surface area contributed by atoms with Crippen molar-refractivity contribution in [3.63, 3.8) is 0 Å². The third-order valence-corrected chi connectivity index (χ3v) is 0. The van der Waals surface area contributed by atoms with Crippen molar-refractivity contribution in [3.8, 4) is 0 Å². The van der Waals surface area contributed by atoms with Crippen LogP contribution in [0.4, 0.5) is 0 Å². The Bertz CT molecular complexity index is 105. The molecule has 74 valence electrons. The van der Waals surface area contributed by atoms with E-state index >= 15 is 0 Å². The van der Waals surface area contributed by atoms with E-state index in [1.54, 1.807) is 0 Å². The zero-order valence-corrected chi connectivity index (χ0v) is 16.8. The van der Waals surface area contributed by atoms with Crippen molar-refractivity contribution in [3.05, 3.63) is 39.4 Å². The van der Waals surface area contributed by atoms with Gasteiger partial charge in [0.05, 0.1) is 0 Å².